The summed E-state index contributed by atoms with van der Waals surface area (Å²) in [7, 11) is 0. The number of hydrogen-bond donors (Lipinski definition) is 1. The van der Waals surface area contributed by atoms with Crippen LogP contribution in [0.3, 0.4) is 0 Å². The molecule has 0 heterocycles. The van der Waals surface area contributed by atoms with Gasteiger partial charge in [-0.05, 0) is 31.7 Å². The molecule has 0 spiro atoms. The molecular weight excluding hydrogens is 182 g/mol. The van der Waals surface area contributed by atoms with E-state index in [1.165, 1.54) is 22.0 Å². The van der Waals surface area contributed by atoms with E-state index in [0.29, 0.717) is 6.04 Å². The summed E-state index contributed by atoms with van der Waals surface area (Å²) in [5.41, 5.74) is 2.57. The van der Waals surface area contributed by atoms with E-state index in [1.807, 2.05) is 0 Å². The molecule has 0 unspecified atom stereocenters. The fourth-order valence-corrected chi connectivity index (χ4v) is 1.86. The van der Waals surface area contributed by atoms with Gasteiger partial charge in [0.15, 0.2) is 0 Å². The SMILES string of the molecule is Cc1ccc2ccccc2c1NC(C)C. The summed E-state index contributed by atoms with van der Waals surface area (Å²) in [4.78, 5) is 0. The Labute approximate surface area is 91.1 Å². The first-order valence-electron chi connectivity index (χ1n) is 5.43. The third kappa shape index (κ3) is 1.96. The van der Waals surface area contributed by atoms with Gasteiger partial charge >= 0.3 is 0 Å². The second kappa shape index (κ2) is 3.93. The minimum Gasteiger partial charge on any atom is -0.382 e. The van der Waals surface area contributed by atoms with Crippen LogP contribution in [-0.2, 0) is 0 Å². The standard InChI is InChI=1S/C14H17N/c1-10(2)15-14-11(3)8-9-12-6-4-5-7-13(12)14/h4-10,15H,1-3H3. The maximum Gasteiger partial charge on any atom is 0.0451 e. The predicted molar refractivity (Wildman–Crippen MR) is 67.4 cm³/mol. The minimum atomic E-state index is 0.467. The van der Waals surface area contributed by atoms with E-state index >= 15 is 0 Å². The van der Waals surface area contributed by atoms with E-state index < -0.39 is 0 Å². The average Bonchev–Trinajstić information content (AvgIpc) is 2.22. The Morgan fingerprint density at radius 1 is 1.00 bits per heavy atom. The predicted octanol–water partition coefficient (Wildman–Crippen LogP) is 3.97. The van der Waals surface area contributed by atoms with Crippen LogP contribution in [0.15, 0.2) is 36.4 Å². The highest BCUT2D eigenvalue weighted by atomic mass is 14.9. The fourth-order valence-electron chi connectivity index (χ4n) is 1.86. The molecule has 0 amide bonds. The lowest BCUT2D eigenvalue weighted by atomic mass is 10.0. The molecule has 2 rings (SSSR count). The van der Waals surface area contributed by atoms with Crippen LogP contribution in [0.5, 0.6) is 0 Å². The molecule has 1 nitrogen and oxygen atoms in total. The second-order valence-electron chi connectivity index (χ2n) is 4.28. The molecule has 1 N–H and O–H groups in total. The van der Waals surface area contributed by atoms with Crippen molar-refractivity contribution < 1.29 is 0 Å². The van der Waals surface area contributed by atoms with E-state index in [1.54, 1.807) is 0 Å². The van der Waals surface area contributed by atoms with Gasteiger partial charge in [-0.2, -0.15) is 0 Å². The molecule has 2 aromatic rings. The van der Waals surface area contributed by atoms with Crippen molar-refractivity contribution in [2.45, 2.75) is 26.8 Å². The molecule has 2 aromatic carbocycles. The van der Waals surface area contributed by atoms with Crippen molar-refractivity contribution in [3.05, 3.63) is 42.0 Å². The van der Waals surface area contributed by atoms with Gasteiger partial charge in [0.2, 0.25) is 0 Å². The second-order valence-corrected chi connectivity index (χ2v) is 4.28. The first-order valence-corrected chi connectivity index (χ1v) is 5.43. The van der Waals surface area contributed by atoms with Crippen molar-refractivity contribution in [3.8, 4) is 0 Å². The largest absolute Gasteiger partial charge is 0.382 e. The molecule has 15 heavy (non-hydrogen) atoms. The van der Waals surface area contributed by atoms with Crippen LogP contribution in [0.4, 0.5) is 5.69 Å². The lowest BCUT2D eigenvalue weighted by Crippen LogP contribution is -2.11. The zero-order chi connectivity index (χ0) is 10.8. The van der Waals surface area contributed by atoms with Crippen molar-refractivity contribution in [1.29, 1.82) is 0 Å². The van der Waals surface area contributed by atoms with Crippen molar-refractivity contribution in [2.75, 3.05) is 5.32 Å². The Bertz CT molecular complexity index is 472. The van der Waals surface area contributed by atoms with Gasteiger partial charge in [-0.25, -0.2) is 0 Å². The number of rotatable bonds is 2. The fraction of sp³-hybridized carbons (Fsp3) is 0.286. The number of hydrogen-bond acceptors (Lipinski definition) is 1. The lowest BCUT2D eigenvalue weighted by Gasteiger charge is -2.15. The van der Waals surface area contributed by atoms with Crippen LogP contribution in [-0.4, -0.2) is 6.04 Å². The molecule has 0 saturated carbocycles. The molecule has 1 heteroatoms. The number of fused-ring (bicyclic) bond motifs is 1. The van der Waals surface area contributed by atoms with Crippen molar-refractivity contribution >= 4 is 16.5 Å². The summed E-state index contributed by atoms with van der Waals surface area (Å²) in [6, 6.07) is 13.3. The molecular formula is C14H17N. The molecule has 78 valence electrons. The van der Waals surface area contributed by atoms with Crippen molar-refractivity contribution in [2.24, 2.45) is 0 Å². The van der Waals surface area contributed by atoms with Crippen LogP contribution in [0.1, 0.15) is 19.4 Å². The van der Waals surface area contributed by atoms with Crippen LogP contribution in [0.25, 0.3) is 10.8 Å². The van der Waals surface area contributed by atoms with Gasteiger partial charge < -0.3 is 5.32 Å². The van der Waals surface area contributed by atoms with Gasteiger partial charge in [-0.1, -0.05) is 36.4 Å². The Kier molecular flexibility index (Phi) is 2.63. The van der Waals surface area contributed by atoms with Crippen molar-refractivity contribution in [1.82, 2.24) is 0 Å². The topological polar surface area (TPSA) is 12.0 Å². The third-order valence-electron chi connectivity index (χ3n) is 2.57. The third-order valence-corrected chi connectivity index (χ3v) is 2.57. The number of benzene rings is 2. The van der Waals surface area contributed by atoms with E-state index in [0.717, 1.165) is 0 Å². The maximum absolute atomic E-state index is 3.52. The Morgan fingerprint density at radius 2 is 1.73 bits per heavy atom. The maximum atomic E-state index is 3.52. The zero-order valence-electron chi connectivity index (χ0n) is 9.54. The molecule has 0 aromatic heterocycles. The first-order chi connectivity index (χ1) is 7.18. The quantitative estimate of drug-likeness (QED) is 0.771. The molecule has 0 bridgehead atoms. The molecule has 0 aliphatic heterocycles. The Morgan fingerprint density at radius 3 is 2.47 bits per heavy atom. The van der Waals surface area contributed by atoms with E-state index in [4.69, 9.17) is 0 Å². The Balaban J connectivity index is 2.63. The molecule has 0 saturated heterocycles. The number of aryl methyl sites for hydroxylation is 1. The highest BCUT2D eigenvalue weighted by molar-refractivity contribution is 5.95. The van der Waals surface area contributed by atoms with Gasteiger partial charge in [-0.3, -0.25) is 0 Å². The van der Waals surface area contributed by atoms with Gasteiger partial charge in [0, 0.05) is 17.1 Å². The Hall–Kier alpha value is -1.50. The summed E-state index contributed by atoms with van der Waals surface area (Å²) in [5, 5.41) is 6.12. The van der Waals surface area contributed by atoms with Gasteiger partial charge in [0.05, 0.1) is 0 Å². The van der Waals surface area contributed by atoms with E-state index in [9.17, 15) is 0 Å². The van der Waals surface area contributed by atoms with Crippen LogP contribution in [0.2, 0.25) is 0 Å². The summed E-state index contributed by atoms with van der Waals surface area (Å²) >= 11 is 0. The first kappa shape index (κ1) is 10.0. The van der Waals surface area contributed by atoms with Gasteiger partial charge in [-0.15, -0.1) is 0 Å². The lowest BCUT2D eigenvalue weighted by molar-refractivity contribution is 0.899. The molecule has 0 aliphatic carbocycles. The molecule has 0 radical (unpaired) electrons. The number of nitrogens with one attached hydrogen (secondary N) is 1. The van der Waals surface area contributed by atoms with E-state index in [2.05, 4.69) is 62.5 Å². The summed E-state index contributed by atoms with van der Waals surface area (Å²) in [6.45, 7) is 6.49. The van der Waals surface area contributed by atoms with Crippen molar-refractivity contribution in [3.63, 3.8) is 0 Å². The highest BCUT2D eigenvalue weighted by Crippen LogP contribution is 2.27. The van der Waals surface area contributed by atoms with Crippen LogP contribution < -0.4 is 5.32 Å². The smallest absolute Gasteiger partial charge is 0.0451 e. The molecule has 0 fully saturated rings. The highest BCUT2D eigenvalue weighted by Gasteiger charge is 2.04. The van der Waals surface area contributed by atoms with Gasteiger partial charge in [0.25, 0.3) is 0 Å². The monoisotopic (exact) mass is 199 g/mol. The summed E-state index contributed by atoms with van der Waals surface area (Å²) in [6.07, 6.45) is 0. The summed E-state index contributed by atoms with van der Waals surface area (Å²) < 4.78 is 0. The number of anilines is 1. The van der Waals surface area contributed by atoms with E-state index in [-0.39, 0.29) is 0 Å². The van der Waals surface area contributed by atoms with Crippen LogP contribution in [0, 0.1) is 6.92 Å². The zero-order valence-corrected chi connectivity index (χ0v) is 9.54. The summed E-state index contributed by atoms with van der Waals surface area (Å²) in [5.74, 6) is 0. The normalized spacial score (nSPS) is 10.9. The van der Waals surface area contributed by atoms with Gasteiger partial charge in [0.1, 0.15) is 0 Å². The average molecular weight is 199 g/mol. The molecule has 0 aliphatic rings. The molecule has 0 atom stereocenters. The minimum absolute atomic E-state index is 0.467. The van der Waals surface area contributed by atoms with Crippen LogP contribution >= 0.6 is 0 Å².